The molecule has 0 aromatic carbocycles. The number of morpholine rings is 6. The fourth-order valence-electron chi connectivity index (χ4n) is 22.1. The molecule has 18 fully saturated rings. The molecule has 0 spiro atoms. The van der Waals surface area contributed by atoms with Crippen LogP contribution in [0.25, 0.3) is 0 Å². The first-order valence-electron chi connectivity index (χ1n) is 53.2. The minimum absolute atomic E-state index is 0. The van der Waals surface area contributed by atoms with Gasteiger partial charge in [0.2, 0.25) is 22.4 Å². The van der Waals surface area contributed by atoms with Gasteiger partial charge in [-0.2, -0.15) is 0 Å². The highest BCUT2D eigenvalue weighted by Crippen LogP contribution is 2.57. The zero-order valence-corrected chi connectivity index (χ0v) is 84.9. The number of nitrogens with zero attached hydrogens (tertiary/aromatic N) is 5. The molecular formula is C92H115Br5N6O20S8. The molecule has 0 aliphatic carbocycles. The predicted octanol–water partition coefficient (Wildman–Crippen LogP) is 4.97. The van der Waals surface area contributed by atoms with Gasteiger partial charge in [-0.1, -0.05) is 96.3 Å². The van der Waals surface area contributed by atoms with E-state index in [0.29, 0.717) is 126 Å². The number of hydrogen-bond acceptors (Lipinski definition) is 32. The van der Waals surface area contributed by atoms with E-state index in [4.69, 9.17) is 76.2 Å². The number of halogens is 5. The average Bonchev–Trinajstić information content (AvgIpc) is 1.49. The van der Waals surface area contributed by atoms with Crippen molar-refractivity contribution in [1.82, 2.24) is 20.0 Å². The van der Waals surface area contributed by atoms with Crippen molar-refractivity contribution >= 4 is 162 Å². The summed E-state index contributed by atoms with van der Waals surface area (Å²) in [5.41, 5.74) is -7.38. The second-order valence-corrected chi connectivity index (χ2v) is 43.3. The topological polar surface area (TPSA) is 324 Å². The summed E-state index contributed by atoms with van der Waals surface area (Å²) in [4.78, 5) is 62.2. The van der Waals surface area contributed by atoms with E-state index in [1.165, 1.54) is 90.7 Å². The van der Waals surface area contributed by atoms with Crippen molar-refractivity contribution in [2.75, 3.05) is 66.3 Å². The van der Waals surface area contributed by atoms with Gasteiger partial charge in [-0.15, -0.1) is 90.7 Å². The summed E-state index contributed by atoms with van der Waals surface area (Å²) in [6, 6.07) is 26.7. The van der Waals surface area contributed by atoms with Gasteiger partial charge in [-0.05, 0) is 156 Å². The second-order valence-electron chi connectivity index (χ2n) is 35.8. The number of nitrogens with one attached hydrogen (secondary N) is 1. The monoisotopic (exact) mass is 2300 g/mol. The number of rotatable bonds is 16. The predicted molar refractivity (Wildman–Crippen MR) is 506 cm³/mol. The summed E-state index contributed by atoms with van der Waals surface area (Å²) in [6.45, 7) is -11.9. The number of carbonyl (C=O) groups is 4. The number of epoxide rings is 6. The lowest BCUT2D eigenvalue weighted by Gasteiger charge is -2.45. The highest BCUT2D eigenvalue weighted by Gasteiger charge is 2.73. The number of carbonyl (C=O) groups excluding carboxylic acids is 4. The molecule has 0 saturated carbocycles. The Morgan fingerprint density at radius 1 is 0.359 bits per heavy atom. The molecule has 131 heavy (non-hydrogen) atoms. The lowest BCUT2D eigenvalue weighted by atomic mass is 9.95. The third-order valence-corrected chi connectivity index (χ3v) is 36.5. The number of fused-ring (bicyclic) bond motifs is 30. The van der Waals surface area contributed by atoms with E-state index >= 15 is 0 Å². The minimum Gasteiger partial charge on any atom is -1.00 e. The Morgan fingerprint density at radius 2 is 0.573 bits per heavy atom. The zero-order chi connectivity index (χ0) is 108. The van der Waals surface area contributed by atoms with Crippen LogP contribution in [0.5, 0.6) is 0 Å². The van der Waals surface area contributed by atoms with E-state index < -0.39 is 140 Å². The van der Waals surface area contributed by atoms with Gasteiger partial charge in [0.05, 0.1) is 91.5 Å². The Labute approximate surface area is 871 Å². The first-order chi connectivity index (χ1) is 70.3. The van der Waals surface area contributed by atoms with Gasteiger partial charge in [0, 0.05) is 116 Å². The lowest BCUT2D eigenvalue weighted by molar-refractivity contribution is -0.938. The summed E-state index contributed by atoms with van der Waals surface area (Å²) < 4.78 is 211. The molecule has 39 heteroatoms. The Kier molecular flexibility index (Phi) is 23.9. The Morgan fingerprint density at radius 3 is 0.809 bits per heavy atom. The number of alkyl halides is 3. The molecule has 26 heterocycles. The van der Waals surface area contributed by atoms with Gasteiger partial charge in [0.25, 0.3) is 0 Å². The van der Waals surface area contributed by atoms with Gasteiger partial charge in [-0.25, -0.2) is 19.2 Å². The second kappa shape index (κ2) is 40.6. The van der Waals surface area contributed by atoms with Crippen LogP contribution >= 0.6 is 138 Å². The largest absolute Gasteiger partial charge is 1.00 e. The van der Waals surface area contributed by atoms with Gasteiger partial charge in [0.1, 0.15) is 122 Å². The molecule has 24 unspecified atom stereocenters. The van der Waals surface area contributed by atoms with Gasteiger partial charge < -0.3 is 126 Å². The standard InChI is InChI=1S/2C19H22NO4S2.2C18H19NO4S2.C8H13NO2.C7H11NO2.3CH3Br.2BrH/c2*1-20(2)12-9-11(10-13(20)17-16(12)24-17)23-18(21)19(22,14-5-3-7-25-14)15-6-4-8-26-15;2*1-19-11-8-10(9-12(19)16-15(11)23-16)22-17(20)18(21,13-4-2-6-24-13)14-5-3-7-25-14;1-9-5-2-4(10)3-6(9)8-7(5)11-8;9-3-1-4-6-7(10-6)5(2-3)8-4;3*1-2;;/h2*3-8,11-13,16-17,22H,9-10H2,1-2H3;2*2-7,10-12,15-16,21H,8-9H2,1H3;4-8,10H,2-3H2,1H3;3-9H,1-2H2;3*1H3;2*1H/q2*+1;;;;;;;;;/p-2/i1D3,2D3;2*1D3;;1D3;;2*1D3;;;. The first-order valence-corrected chi connectivity index (χ1v) is 52.9. The molecule has 24 atom stereocenters. The van der Waals surface area contributed by atoms with Crippen LogP contribution in [0, 0.1) is 0 Å². The summed E-state index contributed by atoms with van der Waals surface area (Å²) in [5.74, 6) is -4.89. The molecule has 26 nitrogen and oxygen atoms in total. The van der Waals surface area contributed by atoms with Crippen molar-refractivity contribution in [3.63, 3.8) is 0 Å². The van der Waals surface area contributed by atoms with E-state index in [1.807, 2.05) is 39.5 Å². The van der Waals surface area contributed by atoms with E-state index in [0.717, 1.165) is 25.7 Å². The highest BCUT2D eigenvalue weighted by molar-refractivity contribution is 9.09. The van der Waals surface area contributed by atoms with E-state index in [-0.39, 0.29) is 142 Å². The number of likely N-dealkylation sites (N-methyl/N-ethyl adjacent to an activating group) is 5. The fraction of sp³-hybridized carbons (Fsp3) is 0.609. The van der Waals surface area contributed by atoms with Crippen LogP contribution < -0.4 is 39.3 Å². The van der Waals surface area contributed by atoms with Crippen LogP contribution in [0.4, 0.5) is 0 Å². The van der Waals surface area contributed by atoms with Crippen molar-refractivity contribution in [3.8, 4) is 0 Å². The van der Waals surface area contributed by atoms with Crippen molar-refractivity contribution in [2.45, 2.75) is 282 Å². The number of piperidine rings is 6. The lowest BCUT2D eigenvalue weighted by Crippen LogP contribution is -3.00. The van der Waals surface area contributed by atoms with Crippen molar-refractivity contribution in [1.29, 1.82) is 0 Å². The zero-order valence-electron chi connectivity index (χ0n) is 91.5. The summed E-state index contributed by atoms with van der Waals surface area (Å²) in [6.07, 6.45) is 4.26. The van der Waals surface area contributed by atoms with Crippen LogP contribution in [-0.4, -0.2) is 327 Å². The molecule has 18 saturated heterocycles. The van der Waals surface area contributed by atoms with Crippen LogP contribution in [0.3, 0.4) is 0 Å². The molecule has 26 rings (SSSR count). The summed E-state index contributed by atoms with van der Waals surface area (Å²) >= 11 is 18.1. The van der Waals surface area contributed by atoms with Crippen molar-refractivity contribution < 1.29 is 169 Å². The van der Waals surface area contributed by atoms with Crippen molar-refractivity contribution in [3.05, 3.63) is 179 Å². The molecule has 8 aromatic heterocycles. The Bertz CT molecular complexity index is 5660. The summed E-state index contributed by atoms with van der Waals surface area (Å²) in [7, 11) is 3.89. The molecule has 18 aliphatic rings. The van der Waals surface area contributed by atoms with Crippen LogP contribution in [0.2, 0.25) is 0 Å². The minimum atomic E-state index is -2.76. The first kappa shape index (κ1) is 76.9. The molecule has 716 valence electrons. The van der Waals surface area contributed by atoms with Gasteiger partial charge in [-0.3, -0.25) is 14.7 Å². The highest BCUT2D eigenvalue weighted by atomic mass is 79.9. The fourth-order valence-corrected chi connectivity index (χ4v) is 29.0. The quantitative estimate of drug-likeness (QED) is 0.0221. The van der Waals surface area contributed by atoms with Crippen LogP contribution in [0.15, 0.2) is 140 Å². The van der Waals surface area contributed by atoms with Crippen molar-refractivity contribution in [2.24, 2.45) is 0 Å². The molecular weight excluding hydrogens is 2170 g/mol. The summed E-state index contributed by atoms with van der Waals surface area (Å²) in [5, 5.41) is 82.3. The Balaban J connectivity index is 0.000000129. The number of esters is 4. The maximum atomic E-state index is 13.3. The molecule has 8 aromatic rings. The molecule has 0 amide bonds. The molecule has 0 radical (unpaired) electrons. The maximum Gasteiger partial charge on any atom is 0.349 e. The van der Waals surface area contributed by atoms with E-state index in [9.17, 15) is 49.8 Å². The smallest absolute Gasteiger partial charge is 0.349 e. The number of quaternary nitrogens is 2. The van der Waals surface area contributed by atoms with E-state index in [1.54, 1.807) is 123 Å². The SMILES string of the molecule is CBr.CN1C2CC(OC(=O)C(O)(c3cccs3)c3cccs3)CC1C1OC12.OC1CC2NC(C1)C1OC21.[2H]C([2H])([2H])Br.[2H]C([2H])([2H])Br.[2H]C([2H])([2H])N1C2CC(O)CC1C1OC12.[2H]C([2H])([2H])N1C2CC(OC(=O)C(O)(c3cccs3)c3cccs3)CC1C1OC12.[2H]C([2H])([2H])[N+]1(C([2H])([2H])[2H])C2CC(OC(=O)C(O)(c3cccs3)c3cccs3)CC1C1OC12.[2H]C([2H])([2H])[N+]1(C)C2CC(OC(=O)C(O)(c3cccs3)c3cccs3)CC1C1OC12.[Br-].[Br-]. The number of hydrogen-bond donors (Lipinski definition) is 7. The van der Waals surface area contributed by atoms with Crippen LogP contribution in [0.1, 0.15) is 145 Å². The molecule has 18 aliphatic heterocycles. The number of aliphatic hydroxyl groups is 6. The van der Waals surface area contributed by atoms with Gasteiger partial charge in [0.15, 0.2) is 0 Å². The molecule has 7 N–H and O–H groups in total. The number of thiophene rings is 8. The van der Waals surface area contributed by atoms with E-state index in [2.05, 4.69) is 65.1 Å². The van der Waals surface area contributed by atoms with Gasteiger partial charge >= 0.3 is 23.9 Å². The normalized spacial score (nSPS) is 40.5. The third kappa shape index (κ3) is 18.8. The Hall–Kier alpha value is -2.84. The third-order valence-electron chi connectivity index (χ3n) is 28.7. The number of aliphatic hydroxyl groups excluding tert-OH is 2. The van der Waals surface area contributed by atoms with Crippen LogP contribution in [-0.2, 0) is 89.0 Å². The molecule has 12 bridgehead atoms. The number of ether oxygens (including phenoxy) is 10. The average molecular weight is 2300 g/mol. The maximum absolute atomic E-state index is 13.3.